The number of nitrogens with two attached hydrogens (primary N) is 2. The molecule has 6 aliphatic rings. The summed E-state index contributed by atoms with van der Waals surface area (Å²) < 4.78 is 0. The summed E-state index contributed by atoms with van der Waals surface area (Å²) in [4.78, 5) is 18.0. The lowest BCUT2D eigenvalue weighted by molar-refractivity contribution is -0.144. The molecule has 12 nitrogen and oxygen atoms in total. The molecule has 372 valence electrons. The van der Waals surface area contributed by atoms with Gasteiger partial charge in [-0.3, -0.25) is 9.59 Å². The molecule has 0 aromatic heterocycles. The van der Waals surface area contributed by atoms with Crippen LogP contribution in [0.1, 0.15) is 143 Å². The number of benzene rings is 2. The van der Waals surface area contributed by atoms with E-state index < -0.39 is 23.1 Å². The molecule has 0 amide bonds. The zero-order valence-corrected chi connectivity index (χ0v) is 40.8. The average Bonchev–Trinajstić information content (AvgIpc) is 3.74. The lowest BCUT2D eigenvalue weighted by atomic mass is 9.48. The van der Waals surface area contributed by atoms with Gasteiger partial charge in [0.05, 0.1) is 23.4 Å². The molecule has 6 aliphatic carbocycles. The van der Waals surface area contributed by atoms with Gasteiger partial charge >= 0.3 is 0 Å². The Bertz CT molecular complexity index is 1730. The molecule has 0 radical (unpaired) electrons. The quantitative estimate of drug-likeness (QED) is 0.128. The molecule has 6 fully saturated rings. The third kappa shape index (κ3) is 10.2. The number of hydrogen-bond acceptors (Lipinski definition) is 10. The van der Waals surface area contributed by atoms with Gasteiger partial charge in [-0.2, -0.15) is 0 Å². The monoisotopic (exact) mass is 923 g/mol. The number of rotatable bonds is 8. The van der Waals surface area contributed by atoms with Crippen molar-refractivity contribution in [3.05, 3.63) is 71.8 Å². The summed E-state index contributed by atoms with van der Waals surface area (Å²) in [5.74, 6) is 0.940. The lowest BCUT2D eigenvalue weighted by Crippen LogP contribution is -2.55. The van der Waals surface area contributed by atoms with E-state index >= 15 is 0 Å². The minimum absolute atomic E-state index is 0.00675. The van der Waals surface area contributed by atoms with Gasteiger partial charge in [0.2, 0.25) is 0 Å². The fourth-order valence-corrected chi connectivity index (χ4v) is 15.6. The van der Waals surface area contributed by atoms with E-state index in [0.717, 1.165) is 102 Å². The summed E-state index contributed by atoms with van der Waals surface area (Å²) in [5, 5.41) is 79.3. The van der Waals surface area contributed by atoms with Crippen LogP contribution in [0, 0.1) is 69.0 Å². The SMILES string of the molecule is CC(=O)O.CC(=O)O.C[C@]1([C@H]2CC[C@@]3(C)[C@@H](CC[C@@]3(O)c3ccccc3)[C@@H]2CN)CC[C@H](O)C[C@@H]1CO.C[C@]1([C@H]2CC[C@@]3(C)[C@@H](CC[C@@]3(O)c3ccccc3)[C@@H]2CN)CC[C@H](O)C[C@@H]1CO. The first kappa shape index (κ1) is 54.0. The van der Waals surface area contributed by atoms with E-state index in [0.29, 0.717) is 61.4 Å². The minimum atomic E-state index is -0.833. The Balaban J connectivity index is 0.000000213. The Morgan fingerprint density at radius 3 is 1.12 bits per heavy atom. The second kappa shape index (κ2) is 21.8. The normalized spacial score (nSPS) is 42.7. The van der Waals surface area contributed by atoms with Crippen LogP contribution in [0.25, 0.3) is 0 Å². The van der Waals surface area contributed by atoms with Crippen molar-refractivity contribution in [1.29, 1.82) is 0 Å². The summed E-state index contributed by atoms with van der Waals surface area (Å²) in [6.07, 6.45) is 12.0. The highest BCUT2D eigenvalue weighted by molar-refractivity contribution is 5.63. The molecule has 0 spiro atoms. The maximum atomic E-state index is 11.9. The molecular weight excluding hydrogens is 837 g/mol. The molecule has 0 unspecified atom stereocenters. The number of carboxylic acid groups (broad SMARTS) is 2. The Hall–Kier alpha value is -2.94. The summed E-state index contributed by atoms with van der Waals surface area (Å²) in [6, 6.07) is 20.4. The summed E-state index contributed by atoms with van der Waals surface area (Å²) in [5.41, 5.74) is 13.0. The van der Waals surface area contributed by atoms with Crippen LogP contribution in [-0.4, -0.2) is 91.3 Å². The van der Waals surface area contributed by atoms with Crippen molar-refractivity contribution in [1.82, 2.24) is 0 Å². The predicted molar refractivity (Wildman–Crippen MR) is 257 cm³/mol. The van der Waals surface area contributed by atoms with Gasteiger partial charge in [-0.15, -0.1) is 0 Å². The Labute approximate surface area is 394 Å². The van der Waals surface area contributed by atoms with Crippen molar-refractivity contribution in [3.63, 3.8) is 0 Å². The van der Waals surface area contributed by atoms with Crippen LogP contribution < -0.4 is 11.5 Å². The lowest BCUT2D eigenvalue weighted by Gasteiger charge is -2.58. The Morgan fingerprint density at radius 2 is 0.833 bits per heavy atom. The smallest absolute Gasteiger partial charge is 0.300 e. The fraction of sp³-hybridized carbons (Fsp3) is 0.741. The van der Waals surface area contributed by atoms with E-state index in [2.05, 4.69) is 52.0 Å². The van der Waals surface area contributed by atoms with Gasteiger partial charge < -0.3 is 52.3 Å². The maximum absolute atomic E-state index is 11.9. The van der Waals surface area contributed by atoms with E-state index in [9.17, 15) is 30.6 Å². The van der Waals surface area contributed by atoms with Crippen LogP contribution in [0.2, 0.25) is 0 Å². The molecule has 0 saturated heterocycles. The van der Waals surface area contributed by atoms with E-state index in [1.165, 1.54) is 0 Å². The molecule has 0 bridgehead atoms. The molecule has 8 rings (SSSR count). The molecule has 6 saturated carbocycles. The topological polar surface area (TPSA) is 248 Å². The molecule has 12 heteroatoms. The van der Waals surface area contributed by atoms with Crippen LogP contribution >= 0.6 is 0 Å². The summed E-state index contributed by atoms with van der Waals surface area (Å²) >= 11 is 0. The number of carboxylic acids is 2. The van der Waals surface area contributed by atoms with Gasteiger partial charge in [0.25, 0.3) is 11.9 Å². The number of aliphatic carboxylic acids is 2. The molecule has 12 N–H and O–H groups in total. The zero-order chi connectivity index (χ0) is 48.9. The van der Waals surface area contributed by atoms with Gasteiger partial charge in [-0.25, -0.2) is 0 Å². The van der Waals surface area contributed by atoms with Gasteiger partial charge in [-0.1, -0.05) is 88.4 Å². The summed E-state index contributed by atoms with van der Waals surface area (Å²) in [6.45, 7) is 12.9. The summed E-state index contributed by atoms with van der Waals surface area (Å²) in [7, 11) is 0. The highest BCUT2D eigenvalue weighted by atomic mass is 16.4. The fourth-order valence-electron chi connectivity index (χ4n) is 15.6. The van der Waals surface area contributed by atoms with Gasteiger partial charge in [0.1, 0.15) is 0 Å². The molecule has 0 aliphatic heterocycles. The number of aliphatic hydroxyl groups is 6. The molecule has 2 aromatic rings. The van der Waals surface area contributed by atoms with Crippen LogP contribution in [0.4, 0.5) is 0 Å². The van der Waals surface area contributed by atoms with Crippen molar-refractivity contribution >= 4 is 11.9 Å². The largest absolute Gasteiger partial charge is 0.481 e. The third-order valence-corrected chi connectivity index (χ3v) is 19.4. The van der Waals surface area contributed by atoms with Crippen LogP contribution in [-0.2, 0) is 20.8 Å². The highest BCUT2D eigenvalue weighted by Crippen LogP contribution is 2.69. The van der Waals surface area contributed by atoms with E-state index in [-0.39, 0.29) is 58.9 Å². The van der Waals surface area contributed by atoms with Crippen LogP contribution in [0.3, 0.4) is 0 Å². The Kier molecular flexibility index (Phi) is 17.8. The van der Waals surface area contributed by atoms with Crippen molar-refractivity contribution in [2.75, 3.05) is 26.3 Å². The molecule has 16 atom stereocenters. The first-order chi connectivity index (χ1) is 31.1. The number of carbonyl (C=O) groups is 2. The maximum Gasteiger partial charge on any atom is 0.300 e. The van der Waals surface area contributed by atoms with Crippen molar-refractivity contribution in [2.45, 2.75) is 155 Å². The first-order valence-corrected chi connectivity index (χ1v) is 25.0. The van der Waals surface area contributed by atoms with Crippen molar-refractivity contribution in [3.8, 4) is 0 Å². The highest BCUT2D eigenvalue weighted by Gasteiger charge is 2.65. The van der Waals surface area contributed by atoms with E-state index in [4.69, 9.17) is 31.3 Å². The molecule has 2 aromatic carbocycles. The average molecular weight is 923 g/mol. The van der Waals surface area contributed by atoms with Crippen molar-refractivity contribution < 1.29 is 50.4 Å². The third-order valence-electron chi connectivity index (χ3n) is 19.4. The number of hydrogen-bond donors (Lipinski definition) is 10. The van der Waals surface area contributed by atoms with Gasteiger partial charge in [-0.05, 0) is 172 Å². The molecular formula is C54H86N2O10. The predicted octanol–water partition coefficient (Wildman–Crippen LogP) is 7.05. The van der Waals surface area contributed by atoms with Crippen LogP contribution in [0.5, 0.6) is 0 Å². The standard InChI is InChI=1S/2C25H39NO3.2C2H4O2/c2*1-23(11-8-19(28)14-18(23)16-27)21-9-12-24(2)22(20(21)15-26)10-13-25(24,29)17-6-4-3-5-7-17;2*1-2(3)4/h2*3-7,18-22,27-29H,8-16,26H2,1-2H3;2*1H3,(H,3,4)/t2*18-,19+,20-,21+,22+,23+,24+,25-;;/m11../s1. The molecule has 66 heavy (non-hydrogen) atoms. The van der Waals surface area contributed by atoms with Gasteiger partial charge in [0.15, 0.2) is 0 Å². The zero-order valence-electron chi connectivity index (χ0n) is 40.8. The van der Waals surface area contributed by atoms with Crippen LogP contribution in [0.15, 0.2) is 60.7 Å². The van der Waals surface area contributed by atoms with E-state index in [1.54, 1.807) is 0 Å². The Morgan fingerprint density at radius 1 is 0.530 bits per heavy atom. The van der Waals surface area contributed by atoms with E-state index in [1.807, 2.05) is 36.4 Å². The minimum Gasteiger partial charge on any atom is -0.481 e. The molecule has 0 heterocycles. The number of fused-ring (bicyclic) bond motifs is 2. The second-order valence-electron chi connectivity index (χ2n) is 22.3. The number of aliphatic hydroxyl groups excluding tert-OH is 4. The van der Waals surface area contributed by atoms with Gasteiger partial charge in [0, 0.05) is 37.9 Å². The first-order valence-electron chi connectivity index (χ1n) is 25.0. The van der Waals surface area contributed by atoms with Crippen molar-refractivity contribution in [2.24, 2.45) is 80.5 Å². The second-order valence-corrected chi connectivity index (χ2v) is 22.3.